The molecule has 1 aromatic rings. The summed E-state index contributed by atoms with van der Waals surface area (Å²) < 4.78 is 0. The quantitative estimate of drug-likeness (QED) is 0.555. The maximum Gasteiger partial charge on any atom is 0.309 e. The molecule has 0 radical (unpaired) electrons. The Bertz CT molecular complexity index is 382. The summed E-state index contributed by atoms with van der Waals surface area (Å²) in [6.45, 7) is 0. The van der Waals surface area contributed by atoms with E-state index in [0.717, 1.165) is 23.8 Å². The van der Waals surface area contributed by atoms with Crippen molar-refractivity contribution in [3.05, 3.63) is 22.5 Å². The standard InChI is InChI=1S/C7H8N4O3/c12-7(5-1-2-5)9-10-4-6(3-8-10)11(13)14/h3-5H,1-2H2,(H,9,12). The first kappa shape index (κ1) is 8.67. The van der Waals surface area contributed by atoms with Gasteiger partial charge < -0.3 is 0 Å². The van der Waals surface area contributed by atoms with Crippen LogP contribution < -0.4 is 5.43 Å². The minimum absolute atomic E-state index is 0.0539. The van der Waals surface area contributed by atoms with Gasteiger partial charge in [-0.05, 0) is 12.8 Å². The second kappa shape index (κ2) is 3.09. The van der Waals surface area contributed by atoms with Crippen LogP contribution in [0, 0.1) is 16.0 Å². The molecule has 0 aliphatic heterocycles. The lowest BCUT2D eigenvalue weighted by Gasteiger charge is -2.00. The molecule has 1 aromatic heterocycles. The van der Waals surface area contributed by atoms with Gasteiger partial charge in [-0.3, -0.25) is 14.9 Å². The third-order valence-corrected chi connectivity index (χ3v) is 1.95. The monoisotopic (exact) mass is 196 g/mol. The minimum atomic E-state index is -0.563. The van der Waals surface area contributed by atoms with E-state index in [-0.39, 0.29) is 17.5 Å². The van der Waals surface area contributed by atoms with E-state index in [2.05, 4.69) is 10.5 Å². The van der Waals surface area contributed by atoms with E-state index < -0.39 is 4.92 Å². The molecule has 2 rings (SSSR count). The molecular weight excluding hydrogens is 188 g/mol. The van der Waals surface area contributed by atoms with Crippen molar-refractivity contribution in [3.63, 3.8) is 0 Å². The Kier molecular flexibility index (Phi) is 1.91. The minimum Gasteiger partial charge on any atom is -0.273 e. The molecule has 0 saturated heterocycles. The number of nitrogens with zero attached hydrogens (tertiary/aromatic N) is 3. The van der Waals surface area contributed by atoms with Crippen molar-refractivity contribution in [3.8, 4) is 0 Å². The SMILES string of the molecule is O=C(Nn1cc([N+](=O)[O-])cn1)C1CC1. The maximum atomic E-state index is 11.2. The summed E-state index contributed by atoms with van der Waals surface area (Å²) >= 11 is 0. The third-order valence-electron chi connectivity index (χ3n) is 1.95. The zero-order valence-electron chi connectivity index (χ0n) is 7.21. The number of aromatic nitrogens is 2. The molecule has 14 heavy (non-hydrogen) atoms. The molecule has 1 N–H and O–H groups in total. The lowest BCUT2D eigenvalue weighted by atomic mass is 10.4. The highest BCUT2D eigenvalue weighted by Gasteiger charge is 2.30. The summed E-state index contributed by atoms with van der Waals surface area (Å²) in [6, 6.07) is 0. The maximum absolute atomic E-state index is 11.2. The number of carbonyl (C=O) groups excluding carboxylic acids is 1. The average molecular weight is 196 g/mol. The van der Waals surface area contributed by atoms with Gasteiger partial charge in [0.05, 0.1) is 4.92 Å². The van der Waals surface area contributed by atoms with Crippen LogP contribution in [0.4, 0.5) is 5.69 Å². The van der Waals surface area contributed by atoms with Gasteiger partial charge in [0, 0.05) is 5.92 Å². The van der Waals surface area contributed by atoms with Gasteiger partial charge in [0.2, 0.25) is 5.91 Å². The molecule has 1 heterocycles. The normalized spacial score (nSPS) is 15.1. The molecule has 1 aliphatic rings. The summed E-state index contributed by atoms with van der Waals surface area (Å²) in [4.78, 5) is 22.0. The van der Waals surface area contributed by atoms with Crippen molar-refractivity contribution >= 4 is 11.6 Å². The Morgan fingerprint density at radius 2 is 2.43 bits per heavy atom. The number of hydrogen-bond acceptors (Lipinski definition) is 4. The number of amides is 1. The lowest BCUT2D eigenvalue weighted by molar-refractivity contribution is -0.384. The molecule has 0 atom stereocenters. The van der Waals surface area contributed by atoms with Crippen molar-refractivity contribution in [2.24, 2.45) is 5.92 Å². The van der Waals surface area contributed by atoms with Crippen LogP contribution in [0.25, 0.3) is 0 Å². The zero-order chi connectivity index (χ0) is 10.1. The van der Waals surface area contributed by atoms with E-state index in [4.69, 9.17) is 0 Å². The number of nitro groups is 1. The summed E-state index contributed by atoms with van der Waals surface area (Å²) in [6.07, 6.45) is 4.03. The van der Waals surface area contributed by atoms with Crippen LogP contribution in [-0.4, -0.2) is 20.7 Å². The largest absolute Gasteiger partial charge is 0.309 e. The van der Waals surface area contributed by atoms with Gasteiger partial charge in [0.25, 0.3) is 0 Å². The molecule has 0 aromatic carbocycles. The van der Waals surface area contributed by atoms with Gasteiger partial charge >= 0.3 is 5.69 Å². The molecular formula is C7H8N4O3. The number of rotatable bonds is 3. The van der Waals surface area contributed by atoms with Crippen LogP contribution in [-0.2, 0) is 4.79 Å². The fraction of sp³-hybridized carbons (Fsp3) is 0.429. The highest BCUT2D eigenvalue weighted by atomic mass is 16.6. The average Bonchev–Trinajstić information content (AvgIpc) is 2.87. The van der Waals surface area contributed by atoms with E-state index in [0.29, 0.717) is 0 Å². The molecule has 74 valence electrons. The van der Waals surface area contributed by atoms with Gasteiger partial charge in [-0.2, -0.15) is 9.89 Å². The summed E-state index contributed by atoms with van der Waals surface area (Å²) in [7, 11) is 0. The van der Waals surface area contributed by atoms with Crippen molar-refractivity contribution in [1.29, 1.82) is 0 Å². The first-order chi connectivity index (χ1) is 6.66. The molecule has 1 saturated carbocycles. The van der Waals surface area contributed by atoms with Gasteiger partial charge in [0.1, 0.15) is 12.4 Å². The number of nitrogens with one attached hydrogen (secondary N) is 1. The van der Waals surface area contributed by atoms with Crippen LogP contribution in [0.5, 0.6) is 0 Å². The Balaban J connectivity index is 2.02. The predicted molar refractivity (Wildman–Crippen MR) is 46.0 cm³/mol. The van der Waals surface area contributed by atoms with Crippen molar-refractivity contribution in [1.82, 2.24) is 9.89 Å². The summed E-state index contributed by atoms with van der Waals surface area (Å²) in [5, 5.41) is 13.9. The van der Waals surface area contributed by atoms with Gasteiger partial charge in [0.15, 0.2) is 0 Å². The smallest absolute Gasteiger partial charge is 0.273 e. The second-order valence-electron chi connectivity index (χ2n) is 3.15. The molecule has 0 spiro atoms. The molecule has 1 amide bonds. The van der Waals surface area contributed by atoms with Crippen LogP contribution in [0.3, 0.4) is 0 Å². The second-order valence-corrected chi connectivity index (χ2v) is 3.15. The molecule has 7 heteroatoms. The first-order valence-electron chi connectivity index (χ1n) is 4.17. The van der Waals surface area contributed by atoms with Crippen LogP contribution >= 0.6 is 0 Å². The van der Waals surface area contributed by atoms with Crippen LogP contribution in [0.2, 0.25) is 0 Å². The van der Waals surface area contributed by atoms with E-state index in [1.807, 2.05) is 0 Å². The molecule has 1 aliphatic carbocycles. The van der Waals surface area contributed by atoms with E-state index >= 15 is 0 Å². The Morgan fingerprint density at radius 1 is 1.71 bits per heavy atom. The van der Waals surface area contributed by atoms with Gasteiger partial charge in [-0.1, -0.05) is 0 Å². The lowest BCUT2D eigenvalue weighted by Crippen LogP contribution is -2.24. The van der Waals surface area contributed by atoms with Gasteiger partial charge in [-0.15, -0.1) is 0 Å². The van der Waals surface area contributed by atoms with E-state index in [9.17, 15) is 14.9 Å². The number of hydrogen-bond donors (Lipinski definition) is 1. The molecule has 7 nitrogen and oxygen atoms in total. The zero-order valence-corrected chi connectivity index (χ0v) is 7.21. The van der Waals surface area contributed by atoms with Crippen LogP contribution in [0.1, 0.15) is 12.8 Å². The molecule has 0 unspecified atom stereocenters. The summed E-state index contributed by atoms with van der Waals surface area (Å²) in [5.74, 6) is -0.0822. The Hall–Kier alpha value is -1.92. The van der Waals surface area contributed by atoms with Crippen molar-refractivity contribution in [2.45, 2.75) is 12.8 Å². The fourth-order valence-corrected chi connectivity index (χ4v) is 1.02. The topological polar surface area (TPSA) is 90.1 Å². The molecule has 0 bridgehead atoms. The van der Waals surface area contributed by atoms with Gasteiger partial charge in [-0.25, -0.2) is 5.43 Å². The third kappa shape index (κ3) is 1.70. The van der Waals surface area contributed by atoms with E-state index in [1.54, 1.807) is 0 Å². The fourth-order valence-electron chi connectivity index (χ4n) is 1.02. The van der Waals surface area contributed by atoms with Crippen LogP contribution in [0.15, 0.2) is 12.4 Å². The Labute approximate surface area is 78.8 Å². The highest BCUT2D eigenvalue weighted by Crippen LogP contribution is 2.29. The predicted octanol–water partition coefficient (Wildman–Crippen LogP) is 0.271. The number of carbonyl (C=O) groups is 1. The van der Waals surface area contributed by atoms with E-state index in [1.165, 1.54) is 6.20 Å². The first-order valence-corrected chi connectivity index (χ1v) is 4.17. The van der Waals surface area contributed by atoms with Crippen molar-refractivity contribution in [2.75, 3.05) is 5.43 Å². The summed E-state index contributed by atoms with van der Waals surface area (Å²) in [5.41, 5.74) is 2.30. The molecule has 1 fully saturated rings. The van der Waals surface area contributed by atoms with Crippen molar-refractivity contribution < 1.29 is 9.72 Å². The Morgan fingerprint density at radius 3 is 2.93 bits per heavy atom. The highest BCUT2D eigenvalue weighted by molar-refractivity contribution is 5.87.